The van der Waals surface area contributed by atoms with Gasteiger partial charge in [-0.15, -0.1) is 0 Å². The number of amides is 1. The Bertz CT molecular complexity index is 909. The van der Waals surface area contributed by atoms with Crippen LogP contribution in [0, 0.1) is 11.8 Å². The summed E-state index contributed by atoms with van der Waals surface area (Å²) in [6.45, 7) is 7.93. The molecule has 1 amide bonds. The number of hydrogen-bond acceptors (Lipinski definition) is 5. The molecule has 0 aliphatic carbocycles. The summed E-state index contributed by atoms with van der Waals surface area (Å²) in [5.41, 5.74) is 1.27. The second-order valence-electron chi connectivity index (χ2n) is 8.10. The molecule has 28 heavy (non-hydrogen) atoms. The average molecular weight is 383 g/mol. The second kappa shape index (κ2) is 7.89. The highest BCUT2D eigenvalue weighted by atomic mass is 16.2. The zero-order chi connectivity index (χ0) is 19.7. The zero-order valence-electron chi connectivity index (χ0n) is 16.8. The van der Waals surface area contributed by atoms with Crippen molar-refractivity contribution in [1.29, 1.82) is 0 Å². The number of aryl methyl sites for hydroxylation is 1. The Hall–Kier alpha value is -2.44. The van der Waals surface area contributed by atoms with Gasteiger partial charge in [-0.05, 0) is 50.7 Å². The van der Waals surface area contributed by atoms with E-state index in [9.17, 15) is 9.59 Å². The summed E-state index contributed by atoms with van der Waals surface area (Å²) >= 11 is 0. The minimum atomic E-state index is -0.0940. The van der Waals surface area contributed by atoms with Gasteiger partial charge in [0.1, 0.15) is 5.52 Å². The van der Waals surface area contributed by atoms with E-state index in [1.54, 1.807) is 10.8 Å². The number of piperidine rings is 2. The number of likely N-dealkylation sites (tertiary alicyclic amines) is 1. The summed E-state index contributed by atoms with van der Waals surface area (Å²) in [7, 11) is 0. The number of nitrogens with zero attached hydrogens (tertiary/aromatic N) is 5. The normalized spacial score (nSPS) is 19.4. The molecule has 2 aromatic heterocycles. The highest BCUT2D eigenvalue weighted by Gasteiger charge is 2.31. The average Bonchev–Trinajstić information content (AvgIpc) is 2.73. The number of anilines is 1. The summed E-state index contributed by atoms with van der Waals surface area (Å²) in [6, 6.07) is 3.74. The molecule has 0 aromatic carbocycles. The maximum atomic E-state index is 13.0. The number of carbonyl (C=O) groups excluding carboxylic acids is 1. The van der Waals surface area contributed by atoms with Crippen LogP contribution in [0.5, 0.6) is 0 Å². The fraction of sp³-hybridized carbons (Fsp3) is 0.619. The van der Waals surface area contributed by atoms with Gasteiger partial charge in [-0.1, -0.05) is 6.92 Å². The molecule has 0 saturated carbocycles. The van der Waals surface area contributed by atoms with Crippen LogP contribution < -0.4 is 10.5 Å². The lowest BCUT2D eigenvalue weighted by Gasteiger charge is -2.37. The van der Waals surface area contributed by atoms with Gasteiger partial charge in [0.2, 0.25) is 5.91 Å². The summed E-state index contributed by atoms with van der Waals surface area (Å²) < 4.78 is 1.68. The lowest BCUT2D eigenvalue weighted by Crippen LogP contribution is -2.46. The third-order valence-electron chi connectivity index (χ3n) is 6.24. The van der Waals surface area contributed by atoms with E-state index >= 15 is 0 Å². The van der Waals surface area contributed by atoms with Gasteiger partial charge in [-0.2, -0.15) is 0 Å². The van der Waals surface area contributed by atoms with Crippen molar-refractivity contribution in [2.45, 2.75) is 46.1 Å². The molecule has 2 saturated heterocycles. The molecule has 4 rings (SSSR count). The highest BCUT2D eigenvalue weighted by molar-refractivity contribution is 5.79. The van der Waals surface area contributed by atoms with Crippen molar-refractivity contribution in [2.75, 3.05) is 31.1 Å². The molecule has 0 atom stereocenters. The molecule has 7 heteroatoms. The van der Waals surface area contributed by atoms with Crippen LogP contribution in [0.4, 0.5) is 5.82 Å². The summed E-state index contributed by atoms with van der Waals surface area (Å²) in [5, 5.41) is 0. The predicted molar refractivity (Wildman–Crippen MR) is 109 cm³/mol. The van der Waals surface area contributed by atoms with Crippen molar-refractivity contribution < 1.29 is 4.79 Å². The summed E-state index contributed by atoms with van der Waals surface area (Å²) in [6.07, 6.45) is 5.46. The first-order valence-corrected chi connectivity index (χ1v) is 10.5. The number of fused-ring (bicyclic) bond motifs is 1. The summed E-state index contributed by atoms with van der Waals surface area (Å²) in [5.74, 6) is 1.58. The van der Waals surface area contributed by atoms with Crippen LogP contribution in [0.15, 0.2) is 23.1 Å². The lowest BCUT2D eigenvalue weighted by atomic mass is 9.92. The third kappa shape index (κ3) is 3.50. The third-order valence-corrected chi connectivity index (χ3v) is 6.24. The van der Waals surface area contributed by atoms with Crippen LogP contribution >= 0.6 is 0 Å². The van der Waals surface area contributed by atoms with Crippen molar-refractivity contribution in [2.24, 2.45) is 11.8 Å². The van der Waals surface area contributed by atoms with Gasteiger partial charge in [-0.3, -0.25) is 14.2 Å². The quantitative estimate of drug-likeness (QED) is 0.813. The molecule has 2 aliphatic rings. The van der Waals surface area contributed by atoms with Crippen LogP contribution in [0.2, 0.25) is 0 Å². The monoisotopic (exact) mass is 383 g/mol. The van der Waals surface area contributed by atoms with Crippen LogP contribution in [0.3, 0.4) is 0 Å². The molecule has 0 unspecified atom stereocenters. The molecule has 0 spiro atoms. The molecule has 2 aliphatic heterocycles. The molecular formula is C21H29N5O2. The smallest absolute Gasteiger partial charge is 0.295 e. The number of aromatic nitrogens is 3. The number of pyridine rings is 1. The van der Waals surface area contributed by atoms with Crippen LogP contribution in [0.1, 0.15) is 39.5 Å². The van der Waals surface area contributed by atoms with Crippen molar-refractivity contribution in [3.8, 4) is 0 Å². The number of hydrogen-bond donors (Lipinski definition) is 0. The van der Waals surface area contributed by atoms with Crippen LogP contribution in [0.25, 0.3) is 11.2 Å². The maximum Gasteiger partial charge on any atom is 0.295 e. The Balaban J connectivity index is 1.49. The van der Waals surface area contributed by atoms with Crippen LogP contribution in [-0.2, 0) is 11.3 Å². The van der Waals surface area contributed by atoms with E-state index < -0.39 is 0 Å². The maximum absolute atomic E-state index is 13.0. The SMILES string of the molecule is CCn1c(=O)c(N2CCC(C(=O)N3CCC(C)CC3)CC2)nc2cccnc21. The van der Waals surface area contributed by atoms with E-state index in [4.69, 9.17) is 0 Å². The van der Waals surface area contributed by atoms with Gasteiger partial charge in [0.05, 0.1) is 0 Å². The topological polar surface area (TPSA) is 71.3 Å². The summed E-state index contributed by atoms with van der Waals surface area (Å²) in [4.78, 5) is 38.8. The molecule has 2 aromatic rings. The Morgan fingerprint density at radius 2 is 1.86 bits per heavy atom. The molecule has 7 nitrogen and oxygen atoms in total. The Kier molecular flexibility index (Phi) is 5.33. The van der Waals surface area contributed by atoms with Crippen molar-refractivity contribution >= 4 is 22.9 Å². The van der Waals surface area contributed by atoms with E-state index in [1.165, 1.54) is 0 Å². The minimum Gasteiger partial charge on any atom is -0.352 e. The minimum absolute atomic E-state index is 0.0696. The standard InChI is InChI=1S/C21H29N5O2/c1-3-26-18-17(5-4-10-22-18)23-19(21(26)28)24-13-8-16(9-14-24)20(27)25-11-6-15(2)7-12-25/h4-5,10,15-16H,3,6-9,11-14H2,1-2H3. The number of carbonyl (C=O) groups is 1. The fourth-order valence-electron chi connectivity index (χ4n) is 4.39. The lowest BCUT2D eigenvalue weighted by molar-refractivity contribution is -0.137. The first-order valence-electron chi connectivity index (χ1n) is 10.5. The van der Waals surface area contributed by atoms with Gasteiger partial charge in [0.15, 0.2) is 11.5 Å². The van der Waals surface area contributed by atoms with Gasteiger partial charge in [0, 0.05) is 44.8 Å². The van der Waals surface area contributed by atoms with Crippen molar-refractivity contribution in [1.82, 2.24) is 19.4 Å². The largest absolute Gasteiger partial charge is 0.352 e. The van der Waals surface area contributed by atoms with E-state index in [1.807, 2.05) is 28.9 Å². The van der Waals surface area contributed by atoms with Crippen molar-refractivity contribution in [3.05, 3.63) is 28.7 Å². The molecule has 2 fully saturated rings. The predicted octanol–water partition coefficient (Wildman–Crippen LogP) is 2.29. The number of rotatable bonds is 3. The Labute approximate surface area is 165 Å². The van der Waals surface area contributed by atoms with Gasteiger partial charge < -0.3 is 9.80 Å². The van der Waals surface area contributed by atoms with Gasteiger partial charge >= 0.3 is 0 Å². The van der Waals surface area contributed by atoms with Crippen molar-refractivity contribution in [3.63, 3.8) is 0 Å². The fourth-order valence-corrected chi connectivity index (χ4v) is 4.39. The first-order chi connectivity index (χ1) is 13.6. The zero-order valence-corrected chi connectivity index (χ0v) is 16.8. The molecule has 0 N–H and O–H groups in total. The highest BCUT2D eigenvalue weighted by Crippen LogP contribution is 2.25. The Morgan fingerprint density at radius 3 is 2.54 bits per heavy atom. The molecule has 150 valence electrons. The van der Waals surface area contributed by atoms with Gasteiger partial charge in [-0.25, -0.2) is 9.97 Å². The van der Waals surface area contributed by atoms with E-state index in [2.05, 4.69) is 16.9 Å². The van der Waals surface area contributed by atoms with E-state index in [0.717, 1.165) is 50.2 Å². The molecular weight excluding hydrogens is 354 g/mol. The molecule has 4 heterocycles. The first kappa shape index (κ1) is 18.9. The van der Waals surface area contributed by atoms with E-state index in [-0.39, 0.29) is 11.5 Å². The van der Waals surface area contributed by atoms with E-state index in [0.29, 0.717) is 37.0 Å². The molecule has 0 bridgehead atoms. The Morgan fingerprint density at radius 1 is 1.14 bits per heavy atom. The van der Waals surface area contributed by atoms with Gasteiger partial charge in [0.25, 0.3) is 5.56 Å². The van der Waals surface area contributed by atoms with Crippen LogP contribution in [-0.4, -0.2) is 51.5 Å². The second-order valence-corrected chi connectivity index (χ2v) is 8.10. The molecule has 0 radical (unpaired) electrons.